The number of ether oxygens (including phenoxy) is 2. The lowest BCUT2D eigenvalue weighted by atomic mass is 9.97. The first-order valence-corrected chi connectivity index (χ1v) is 14.7. The summed E-state index contributed by atoms with van der Waals surface area (Å²) in [6.07, 6.45) is 0.712. The van der Waals surface area contributed by atoms with Crippen molar-refractivity contribution in [2.45, 2.75) is 73.0 Å². The number of benzene rings is 2. The van der Waals surface area contributed by atoms with Crippen molar-refractivity contribution in [3.05, 3.63) is 59.7 Å². The molecule has 1 aliphatic rings. The number of halogens is 1. The van der Waals surface area contributed by atoms with Crippen molar-refractivity contribution in [2.24, 2.45) is 10.8 Å². The van der Waals surface area contributed by atoms with Crippen molar-refractivity contribution in [3.63, 3.8) is 0 Å². The number of hydrogen-bond donors (Lipinski definition) is 3. The third-order valence-electron chi connectivity index (χ3n) is 7.00. The molecule has 0 aliphatic carbocycles. The number of esters is 2. The minimum atomic E-state index is -0.962. The largest absolute Gasteiger partial charge is 0.422 e. The number of amides is 2. The predicted octanol–water partition coefficient (Wildman–Crippen LogP) is 4.14. The first-order valence-electron chi connectivity index (χ1n) is 14.7. The molecule has 10 nitrogen and oxygen atoms in total. The smallest absolute Gasteiger partial charge is 0.316 e. The normalized spacial score (nSPS) is 15.6. The van der Waals surface area contributed by atoms with Gasteiger partial charge in [0.25, 0.3) is 0 Å². The average Bonchev–Trinajstić information content (AvgIpc) is 3.43. The van der Waals surface area contributed by atoms with Gasteiger partial charge >= 0.3 is 11.9 Å². The van der Waals surface area contributed by atoms with Crippen molar-refractivity contribution in [1.82, 2.24) is 15.5 Å². The summed E-state index contributed by atoms with van der Waals surface area (Å²) in [7, 11) is 0. The Hall–Kier alpha value is -3.28. The van der Waals surface area contributed by atoms with Gasteiger partial charge in [0.1, 0.15) is 6.04 Å². The van der Waals surface area contributed by atoms with Crippen molar-refractivity contribution < 1.29 is 33.8 Å². The minimum Gasteiger partial charge on any atom is -0.422 e. The molecule has 11 heteroatoms. The number of hydrogen-bond acceptors (Lipinski definition) is 8. The van der Waals surface area contributed by atoms with E-state index in [9.17, 15) is 24.3 Å². The molecule has 2 atom stereocenters. The second kappa shape index (κ2) is 16.2. The van der Waals surface area contributed by atoms with Gasteiger partial charge in [-0.1, -0.05) is 36.4 Å². The molecule has 242 valence electrons. The molecule has 1 fully saturated rings. The molecule has 0 aromatic heterocycles. The summed E-state index contributed by atoms with van der Waals surface area (Å²) in [6, 6.07) is 13.6. The molecular weight excluding hydrogens is 630 g/mol. The third kappa shape index (κ3) is 10.7. The predicted molar refractivity (Wildman–Crippen MR) is 173 cm³/mol. The van der Waals surface area contributed by atoms with Gasteiger partial charge in [0.2, 0.25) is 11.8 Å². The van der Waals surface area contributed by atoms with Crippen molar-refractivity contribution in [2.75, 3.05) is 26.2 Å². The Bertz CT molecular complexity index is 1290. The first-order chi connectivity index (χ1) is 20.2. The minimum absolute atomic E-state index is 0. The summed E-state index contributed by atoms with van der Waals surface area (Å²) in [5.41, 5.74) is -0.184. The van der Waals surface area contributed by atoms with E-state index in [4.69, 9.17) is 9.47 Å². The van der Waals surface area contributed by atoms with Crippen LogP contribution in [0.5, 0.6) is 11.5 Å². The fraction of sp³-hybridized carbons (Fsp3) is 0.515. The highest BCUT2D eigenvalue weighted by Gasteiger charge is 2.34. The summed E-state index contributed by atoms with van der Waals surface area (Å²) in [6.45, 7) is 11.7. The number of rotatable bonds is 11. The van der Waals surface area contributed by atoms with Crippen molar-refractivity contribution >= 4 is 40.7 Å². The van der Waals surface area contributed by atoms with Gasteiger partial charge in [-0.05, 0) is 77.6 Å². The number of likely N-dealkylation sites (tertiary alicyclic amines) is 1. The maximum Gasteiger partial charge on any atom is 0.316 e. The van der Waals surface area contributed by atoms with Gasteiger partial charge in [-0.2, -0.15) is 0 Å². The summed E-state index contributed by atoms with van der Waals surface area (Å²) in [5.74, 6) is -1.11. The second-order valence-corrected chi connectivity index (χ2v) is 12.9. The molecule has 2 aromatic rings. The second-order valence-electron chi connectivity index (χ2n) is 12.9. The van der Waals surface area contributed by atoms with Crippen LogP contribution in [0, 0.1) is 10.8 Å². The summed E-state index contributed by atoms with van der Waals surface area (Å²) in [4.78, 5) is 52.4. The van der Waals surface area contributed by atoms with Crippen molar-refractivity contribution in [1.29, 1.82) is 0 Å². The SMILES string of the molecule is Br.CC(C)(C)C(=O)Oc1ccc(C(O)CNCCNC(=O)C2CCCN2C(=O)Cc2ccccc2)cc1OC(=O)C(C)(C)C. The van der Waals surface area contributed by atoms with Crippen LogP contribution in [0.25, 0.3) is 0 Å². The molecule has 0 spiro atoms. The number of aliphatic hydroxyl groups excluding tert-OH is 1. The monoisotopic (exact) mass is 675 g/mol. The Balaban J connectivity index is 0.00000675. The zero-order valence-electron chi connectivity index (χ0n) is 26.5. The van der Waals surface area contributed by atoms with E-state index in [1.807, 2.05) is 30.3 Å². The van der Waals surface area contributed by atoms with Crippen LogP contribution in [0.1, 0.15) is 71.6 Å². The van der Waals surface area contributed by atoms with Crippen molar-refractivity contribution in [3.8, 4) is 11.5 Å². The van der Waals surface area contributed by atoms with E-state index in [0.717, 1.165) is 12.0 Å². The number of carbonyl (C=O) groups excluding carboxylic acids is 4. The molecule has 44 heavy (non-hydrogen) atoms. The Kier molecular flexibility index (Phi) is 13.5. The lowest BCUT2D eigenvalue weighted by Gasteiger charge is -2.24. The molecule has 0 saturated carbocycles. The Morgan fingerprint density at radius 1 is 0.909 bits per heavy atom. The molecule has 2 unspecified atom stereocenters. The molecule has 1 heterocycles. The third-order valence-corrected chi connectivity index (χ3v) is 7.00. The van der Waals surface area contributed by atoms with E-state index in [0.29, 0.717) is 31.6 Å². The molecule has 3 rings (SSSR count). The molecule has 0 bridgehead atoms. The van der Waals surface area contributed by atoms with Gasteiger partial charge in [-0.25, -0.2) is 0 Å². The fourth-order valence-corrected chi connectivity index (χ4v) is 4.36. The van der Waals surface area contributed by atoms with Crippen LogP contribution in [-0.2, 0) is 25.6 Å². The van der Waals surface area contributed by atoms with E-state index in [1.54, 1.807) is 52.5 Å². The van der Waals surface area contributed by atoms with Crippen LogP contribution in [0.4, 0.5) is 0 Å². The Morgan fingerprint density at radius 2 is 1.52 bits per heavy atom. The molecule has 2 aromatic carbocycles. The fourth-order valence-electron chi connectivity index (χ4n) is 4.36. The van der Waals surface area contributed by atoms with E-state index < -0.39 is 34.9 Å². The van der Waals surface area contributed by atoms with Crippen LogP contribution >= 0.6 is 17.0 Å². The maximum atomic E-state index is 12.8. The van der Waals surface area contributed by atoms with Gasteiger partial charge in [0, 0.05) is 26.2 Å². The highest BCUT2D eigenvalue weighted by molar-refractivity contribution is 8.93. The quantitative estimate of drug-likeness (QED) is 0.184. The molecule has 3 N–H and O–H groups in total. The highest BCUT2D eigenvalue weighted by atomic mass is 79.9. The van der Waals surface area contributed by atoms with E-state index in [1.165, 1.54) is 12.1 Å². The number of aliphatic hydroxyl groups is 1. The number of nitrogens with zero attached hydrogens (tertiary/aromatic N) is 1. The number of carbonyl (C=O) groups is 4. The van der Waals surface area contributed by atoms with Crippen LogP contribution in [-0.4, -0.2) is 66.0 Å². The van der Waals surface area contributed by atoms with Crippen LogP contribution in [0.2, 0.25) is 0 Å². The van der Waals surface area contributed by atoms with Crippen LogP contribution in [0.3, 0.4) is 0 Å². The zero-order chi connectivity index (χ0) is 31.8. The Morgan fingerprint density at radius 3 is 2.14 bits per heavy atom. The molecule has 1 saturated heterocycles. The molecule has 0 radical (unpaired) electrons. The molecule has 1 aliphatic heterocycles. The van der Waals surface area contributed by atoms with Gasteiger partial charge in [-0.15, -0.1) is 17.0 Å². The molecule has 2 amide bonds. The van der Waals surface area contributed by atoms with E-state index in [-0.39, 0.29) is 53.3 Å². The number of nitrogens with one attached hydrogen (secondary N) is 2. The highest BCUT2D eigenvalue weighted by Crippen LogP contribution is 2.34. The van der Waals surface area contributed by atoms with E-state index in [2.05, 4.69) is 10.6 Å². The average molecular weight is 677 g/mol. The molecular formula is C33H46BrN3O7. The summed E-state index contributed by atoms with van der Waals surface area (Å²) < 4.78 is 11.1. The lowest BCUT2D eigenvalue weighted by Crippen LogP contribution is -2.47. The van der Waals surface area contributed by atoms with E-state index >= 15 is 0 Å². The van der Waals surface area contributed by atoms with Crippen LogP contribution < -0.4 is 20.1 Å². The summed E-state index contributed by atoms with van der Waals surface area (Å²) in [5, 5.41) is 16.8. The van der Waals surface area contributed by atoms with Gasteiger partial charge in [-0.3, -0.25) is 19.2 Å². The maximum absolute atomic E-state index is 12.8. The van der Waals surface area contributed by atoms with Gasteiger partial charge in [0.15, 0.2) is 11.5 Å². The standard InChI is InChI=1S/C33H45N3O7.BrH/c1-32(2,3)30(40)42-26-15-14-23(20-27(26)43-31(41)33(4,5)6)25(37)21-34-16-17-35-29(39)24-13-10-18-36(24)28(38)19-22-11-8-7-9-12-22;/h7-9,11-12,14-15,20,24-25,34,37H,10,13,16-19,21H2,1-6H3,(H,35,39);1H. The first kappa shape index (κ1) is 36.9. The lowest BCUT2D eigenvalue weighted by molar-refractivity contribution is -0.145. The van der Waals surface area contributed by atoms with Gasteiger partial charge < -0.3 is 30.1 Å². The topological polar surface area (TPSA) is 134 Å². The van der Waals surface area contributed by atoms with Gasteiger partial charge in [0.05, 0.1) is 23.4 Å². The summed E-state index contributed by atoms with van der Waals surface area (Å²) >= 11 is 0. The Labute approximate surface area is 270 Å². The zero-order valence-corrected chi connectivity index (χ0v) is 28.2. The van der Waals surface area contributed by atoms with Crippen LogP contribution in [0.15, 0.2) is 48.5 Å².